The van der Waals surface area contributed by atoms with Crippen LogP contribution in [0.15, 0.2) is 18.2 Å². The molecule has 98 valence electrons. The van der Waals surface area contributed by atoms with E-state index in [0.717, 1.165) is 12.8 Å². The van der Waals surface area contributed by atoms with Crippen LogP contribution in [0.25, 0.3) is 0 Å². The summed E-state index contributed by atoms with van der Waals surface area (Å²) in [6.45, 7) is 0.853. The molecule has 1 amide bonds. The van der Waals surface area contributed by atoms with Gasteiger partial charge in [-0.15, -0.1) is 0 Å². The maximum Gasteiger partial charge on any atom is 0.221 e. The molecule has 1 fully saturated rings. The molecule has 0 heterocycles. The first-order valence-electron chi connectivity index (χ1n) is 6.10. The highest BCUT2D eigenvalue weighted by molar-refractivity contribution is 6.31. The molecule has 1 aliphatic carbocycles. The zero-order valence-corrected chi connectivity index (χ0v) is 10.8. The van der Waals surface area contributed by atoms with Crippen molar-refractivity contribution in [3.8, 4) is 0 Å². The van der Waals surface area contributed by atoms with Gasteiger partial charge >= 0.3 is 0 Å². The van der Waals surface area contributed by atoms with Crippen molar-refractivity contribution in [3.63, 3.8) is 0 Å². The van der Waals surface area contributed by atoms with Gasteiger partial charge < -0.3 is 10.6 Å². The van der Waals surface area contributed by atoms with Gasteiger partial charge in [0.2, 0.25) is 5.91 Å². The predicted octanol–water partition coefficient (Wildman–Crippen LogP) is 2.24. The number of carbonyl (C=O) groups is 1. The Morgan fingerprint density at radius 1 is 1.44 bits per heavy atom. The second-order valence-corrected chi connectivity index (χ2v) is 4.88. The summed E-state index contributed by atoms with van der Waals surface area (Å²) in [5.74, 6) is -0.276. The fourth-order valence-corrected chi connectivity index (χ4v) is 1.87. The van der Waals surface area contributed by atoms with E-state index in [-0.39, 0.29) is 11.7 Å². The van der Waals surface area contributed by atoms with Crippen LogP contribution in [0, 0.1) is 5.82 Å². The topological polar surface area (TPSA) is 41.1 Å². The molecular formula is C13H16ClFN2O. The third-order valence-corrected chi connectivity index (χ3v) is 3.19. The van der Waals surface area contributed by atoms with Crippen LogP contribution in [0.3, 0.4) is 0 Å². The highest BCUT2D eigenvalue weighted by atomic mass is 35.5. The number of carbonyl (C=O) groups excluding carboxylic acids is 1. The van der Waals surface area contributed by atoms with Crippen molar-refractivity contribution in [1.29, 1.82) is 0 Å². The molecule has 3 nitrogen and oxygen atoms in total. The molecule has 0 atom stereocenters. The van der Waals surface area contributed by atoms with Crippen molar-refractivity contribution in [1.82, 2.24) is 10.6 Å². The van der Waals surface area contributed by atoms with E-state index in [4.69, 9.17) is 11.6 Å². The largest absolute Gasteiger partial charge is 0.353 e. The third-order valence-electron chi connectivity index (χ3n) is 2.83. The van der Waals surface area contributed by atoms with Gasteiger partial charge in [0.05, 0.1) is 0 Å². The smallest absolute Gasteiger partial charge is 0.221 e. The maximum atomic E-state index is 13.4. The number of hydrogen-bond donors (Lipinski definition) is 2. The summed E-state index contributed by atoms with van der Waals surface area (Å²) in [6, 6.07) is 4.99. The lowest BCUT2D eigenvalue weighted by molar-refractivity contribution is -0.121. The Morgan fingerprint density at radius 2 is 2.22 bits per heavy atom. The minimum atomic E-state index is -0.322. The van der Waals surface area contributed by atoms with Gasteiger partial charge in [-0.3, -0.25) is 4.79 Å². The van der Waals surface area contributed by atoms with E-state index >= 15 is 0 Å². The van der Waals surface area contributed by atoms with E-state index in [0.29, 0.717) is 36.1 Å². The summed E-state index contributed by atoms with van der Waals surface area (Å²) in [6.07, 6.45) is 2.58. The fourth-order valence-electron chi connectivity index (χ4n) is 1.64. The Balaban J connectivity index is 1.69. The quantitative estimate of drug-likeness (QED) is 0.779. The standard InChI is InChI=1S/C13H16ClFN2O/c14-11-2-1-3-12(15)10(11)8-16-7-6-13(18)17-9-4-5-9/h1-3,9,16H,4-8H2,(H,17,18). The monoisotopic (exact) mass is 270 g/mol. The number of nitrogens with one attached hydrogen (secondary N) is 2. The van der Waals surface area contributed by atoms with Gasteiger partial charge in [0.15, 0.2) is 0 Å². The Bertz CT molecular complexity index is 415. The number of amides is 1. The van der Waals surface area contributed by atoms with Crippen LogP contribution in [0.1, 0.15) is 24.8 Å². The van der Waals surface area contributed by atoms with E-state index in [1.165, 1.54) is 6.07 Å². The van der Waals surface area contributed by atoms with Gasteiger partial charge in [-0.05, 0) is 25.0 Å². The lowest BCUT2D eigenvalue weighted by atomic mass is 10.2. The highest BCUT2D eigenvalue weighted by Crippen LogP contribution is 2.19. The van der Waals surface area contributed by atoms with Gasteiger partial charge in [0, 0.05) is 36.1 Å². The fraction of sp³-hybridized carbons (Fsp3) is 0.462. The predicted molar refractivity (Wildman–Crippen MR) is 68.9 cm³/mol. The summed E-state index contributed by atoms with van der Waals surface area (Å²) in [7, 11) is 0. The minimum Gasteiger partial charge on any atom is -0.353 e. The summed E-state index contributed by atoms with van der Waals surface area (Å²) >= 11 is 5.89. The number of benzene rings is 1. The molecule has 0 bridgehead atoms. The van der Waals surface area contributed by atoms with Crippen LogP contribution >= 0.6 is 11.6 Å². The van der Waals surface area contributed by atoms with Crippen molar-refractivity contribution in [3.05, 3.63) is 34.6 Å². The summed E-state index contributed by atoms with van der Waals surface area (Å²) < 4.78 is 13.4. The van der Waals surface area contributed by atoms with Crippen LogP contribution in [-0.4, -0.2) is 18.5 Å². The molecule has 1 aromatic carbocycles. The number of rotatable bonds is 6. The third kappa shape index (κ3) is 3.96. The molecule has 2 N–H and O–H groups in total. The van der Waals surface area contributed by atoms with Crippen LogP contribution in [-0.2, 0) is 11.3 Å². The zero-order chi connectivity index (χ0) is 13.0. The first kappa shape index (κ1) is 13.3. The molecule has 0 aliphatic heterocycles. The molecule has 0 aromatic heterocycles. The Hall–Kier alpha value is -1.13. The summed E-state index contributed by atoms with van der Waals surface area (Å²) in [5, 5.41) is 6.33. The average molecular weight is 271 g/mol. The SMILES string of the molecule is O=C(CCNCc1c(F)cccc1Cl)NC1CC1. The van der Waals surface area contributed by atoms with Crippen molar-refractivity contribution in [2.75, 3.05) is 6.54 Å². The van der Waals surface area contributed by atoms with Gasteiger partial charge in [0.25, 0.3) is 0 Å². The van der Waals surface area contributed by atoms with Gasteiger partial charge in [-0.25, -0.2) is 4.39 Å². The van der Waals surface area contributed by atoms with Gasteiger partial charge in [-0.1, -0.05) is 17.7 Å². The summed E-state index contributed by atoms with van der Waals surface area (Å²) in [5.41, 5.74) is 0.446. The molecule has 18 heavy (non-hydrogen) atoms. The first-order valence-corrected chi connectivity index (χ1v) is 6.47. The van der Waals surface area contributed by atoms with E-state index in [1.54, 1.807) is 12.1 Å². The van der Waals surface area contributed by atoms with Crippen LogP contribution < -0.4 is 10.6 Å². The Morgan fingerprint density at radius 3 is 2.89 bits per heavy atom. The van der Waals surface area contributed by atoms with Crippen LogP contribution in [0.2, 0.25) is 5.02 Å². The second kappa shape index (κ2) is 6.16. The molecule has 1 saturated carbocycles. The van der Waals surface area contributed by atoms with Crippen molar-refractivity contribution in [2.24, 2.45) is 0 Å². The van der Waals surface area contributed by atoms with Crippen LogP contribution in [0.5, 0.6) is 0 Å². The number of halogens is 2. The molecule has 0 saturated heterocycles. The lowest BCUT2D eigenvalue weighted by Crippen LogP contribution is -2.29. The Labute approximate surface area is 111 Å². The molecule has 0 radical (unpaired) electrons. The summed E-state index contributed by atoms with van der Waals surface area (Å²) in [4.78, 5) is 11.4. The minimum absolute atomic E-state index is 0.0460. The maximum absolute atomic E-state index is 13.4. The van der Waals surface area contributed by atoms with E-state index in [2.05, 4.69) is 10.6 Å². The Kier molecular flexibility index (Phi) is 4.55. The molecule has 1 aromatic rings. The second-order valence-electron chi connectivity index (χ2n) is 4.47. The molecular weight excluding hydrogens is 255 g/mol. The highest BCUT2D eigenvalue weighted by Gasteiger charge is 2.22. The van der Waals surface area contributed by atoms with E-state index < -0.39 is 0 Å². The van der Waals surface area contributed by atoms with E-state index in [1.807, 2.05) is 0 Å². The van der Waals surface area contributed by atoms with E-state index in [9.17, 15) is 9.18 Å². The number of hydrogen-bond acceptors (Lipinski definition) is 2. The van der Waals surface area contributed by atoms with Crippen molar-refractivity contribution >= 4 is 17.5 Å². The zero-order valence-electron chi connectivity index (χ0n) is 10.0. The molecule has 2 rings (SSSR count). The van der Waals surface area contributed by atoms with Crippen LogP contribution in [0.4, 0.5) is 4.39 Å². The average Bonchev–Trinajstić information content (AvgIpc) is 3.11. The van der Waals surface area contributed by atoms with Gasteiger partial charge in [0.1, 0.15) is 5.82 Å². The van der Waals surface area contributed by atoms with Gasteiger partial charge in [-0.2, -0.15) is 0 Å². The van der Waals surface area contributed by atoms with Crippen molar-refractivity contribution < 1.29 is 9.18 Å². The molecule has 0 spiro atoms. The molecule has 1 aliphatic rings. The lowest BCUT2D eigenvalue weighted by Gasteiger charge is -2.08. The first-order chi connectivity index (χ1) is 8.66. The van der Waals surface area contributed by atoms with Crippen molar-refractivity contribution in [2.45, 2.75) is 31.8 Å². The molecule has 0 unspecified atom stereocenters. The normalized spacial score (nSPS) is 14.6. The molecule has 5 heteroatoms.